The molecule has 15 heavy (non-hydrogen) atoms. The molecule has 0 spiro atoms. The Morgan fingerprint density at radius 2 is 1.67 bits per heavy atom. The Labute approximate surface area is 94.3 Å². The predicted molar refractivity (Wildman–Crippen MR) is 62.8 cm³/mol. The quantitative estimate of drug-likeness (QED) is 0.495. The third-order valence-electron chi connectivity index (χ3n) is 3.83. The second-order valence-corrected chi connectivity index (χ2v) is 4.76. The van der Waals surface area contributed by atoms with Crippen molar-refractivity contribution in [3.05, 3.63) is 0 Å². The maximum absolute atomic E-state index is 5.48. The van der Waals surface area contributed by atoms with Crippen LogP contribution in [-0.2, 0) is 9.47 Å². The third-order valence-corrected chi connectivity index (χ3v) is 3.83. The van der Waals surface area contributed by atoms with Gasteiger partial charge in [0.15, 0.2) is 5.79 Å². The van der Waals surface area contributed by atoms with E-state index in [1.807, 2.05) is 0 Å². The number of hydrogen-bond acceptors (Lipinski definition) is 2. The molecule has 0 aromatic heterocycles. The molecule has 0 aromatic rings. The van der Waals surface area contributed by atoms with Gasteiger partial charge in [-0.1, -0.05) is 32.6 Å². The van der Waals surface area contributed by atoms with Crippen molar-refractivity contribution in [1.82, 2.24) is 0 Å². The highest BCUT2D eigenvalue weighted by Gasteiger charge is 2.34. The van der Waals surface area contributed by atoms with Gasteiger partial charge in [-0.05, 0) is 18.8 Å². The number of methoxy groups -OCH3 is 2. The first-order valence-electron chi connectivity index (χ1n) is 6.36. The van der Waals surface area contributed by atoms with E-state index in [1.54, 1.807) is 14.2 Å². The summed E-state index contributed by atoms with van der Waals surface area (Å²) in [7, 11) is 3.53. The topological polar surface area (TPSA) is 18.5 Å². The van der Waals surface area contributed by atoms with Crippen molar-refractivity contribution in [2.24, 2.45) is 5.92 Å². The molecule has 0 N–H and O–H groups in total. The molecule has 0 bridgehead atoms. The predicted octanol–water partition coefficient (Wildman–Crippen LogP) is 3.75. The van der Waals surface area contributed by atoms with Crippen LogP contribution in [-0.4, -0.2) is 20.0 Å². The second-order valence-electron chi connectivity index (χ2n) is 4.76. The van der Waals surface area contributed by atoms with Crippen molar-refractivity contribution >= 4 is 0 Å². The molecule has 2 heteroatoms. The second kappa shape index (κ2) is 6.49. The fourth-order valence-corrected chi connectivity index (χ4v) is 2.58. The van der Waals surface area contributed by atoms with Crippen molar-refractivity contribution in [3.8, 4) is 0 Å². The van der Waals surface area contributed by atoms with E-state index in [9.17, 15) is 0 Å². The molecule has 0 saturated heterocycles. The molecule has 0 aliphatic heterocycles. The molecule has 0 aromatic carbocycles. The summed E-state index contributed by atoms with van der Waals surface area (Å²) in [6, 6.07) is 0. The Bertz CT molecular complexity index is 154. The van der Waals surface area contributed by atoms with Crippen LogP contribution >= 0.6 is 0 Å². The van der Waals surface area contributed by atoms with Crippen molar-refractivity contribution in [3.63, 3.8) is 0 Å². The molecule has 1 rings (SSSR count). The third kappa shape index (κ3) is 3.76. The summed E-state index contributed by atoms with van der Waals surface area (Å²) in [6.07, 6.45) is 10.2. The van der Waals surface area contributed by atoms with Crippen molar-refractivity contribution in [2.75, 3.05) is 14.2 Å². The van der Waals surface area contributed by atoms with Crippen molar-refractivity contribution in [1.29, 1.82) is 0 Å². The molecular weight excluding hydrogens is 188 g/mol. The van der Waals surface area contributed by atoms with Crippen molar-refractivity contribution < 1.29 is 9.47 Å². The van der Waals surface area contributed by atoms with Gasteiger partial charge in [0.1, 0.15) is 0 Å². The van der Waals surface area contributed by atoms with Crippen LogP contribution in [0.3, 0.4) is 0 Å². The lowest BCUT2D eigenvalue weighted by Gasteiger charge is -2.37. The van der Waals surface area contributed by atoms with E-state index in [1.165, 1.54) is 38.5 Å². The van der Waals surface area contributed by atoms with Gasteiger partial charge in [0, 0.05) is 27.1 Å². The van der Waals surface area contributed by atoms with Crippen LogP contribution in [0.5, 0.6) is 0 Å². The number of unbranched alkanes of at least 4 members (excludes halogenated alkanes) is 2. The van der Waals surface area contributed by atoms with Gasteiger partial charge in [-0.25, -0.2) is 0 Å². The summed E-state index contributed by atoms with van der Waals surface area (Å²) >= 11 is 0. The Balaban J connectivity index is 2.22. The van der Waals surface area contributed by atoms with E-state index < -0.39 is 0 Å². The minimum atomic E-state index is -0.263. The summed E-state index contributed by atoms with van der Waals surface area (Å²) in [6.45, 7) is 2.27. The number of ether oxygens (including phenoxy) is 2. The molecule has 0 unspecified atom stereocenters. The smallest absolute Gasteiger partial charge is 0.167 e. The van der Waals surface area contributed by atoms with Gasteiger partial charge in [0.05, 0.1) is 0 Å². The van der Waals surface area contributed by atoms with Crippen molar-refractivity contribution in [2.45, 2.75) is 64.1 Å². The first-order chi connectivity index (χ1) is 7.26. The van der Waals surface area contributed by atoms with E-state index in [-0.39, 0.29) is 5.79 Å². The van der Waals surface area contributed by atoms with E-state index in [4.69, 9.17) is 9.47 Å². The van der Waals surface area contributed by atoms with Crippen LogP contribution in [0.4, 0.5) is 0 Å². The van der Waals surface area contributed by atoms with Gasteiger partial charge in [0.2, 0.25) is 0 Å². The SMILES string of the molecule is CCCCCC1CCC(OC)(OC)CC1. The van der Waals surface area contributed by atoms with Crippen LogP contribution in [0.2, 0.25) is 0 Å². The Morgan fingerprint density at radius 1 is 1.07 bits per heavy atom. The normalized spacial score (nSPS) is 21.8. The van der Waals surface area contributed by atoms with Gasteiger partial charge >= 0.3 is 0 Å². The zero-order valence-corrected chi connectivity index (χ0v) is 10.6. The van der Waals surface area contributed by atoms with Gasteiger partial charge in [0.25, 0.3) is 0 Å². The monoisotopic (exact) mass is 214 g/mol. The highest BCUT2D eigenvalue weighted by molar-refractivity contribution is 4.79. The van der Waals surface area contributed by atoms with E-state index >= 15 is 0 Å². The van der Waals surface area contributed by atoms with E-state index in [0.717, 1.165) is 18.8 Å². The fraction of sp³-hybridized carbons (Fsp3) is 1.00. The summed E-state index contributed by atoms with van der Waals surface area (Å²) in [5.74, 6) is 0.649. The molecule has 1 aliphatic carbocycles. The van der Waals surface area contributed by atoms with E-state index in [0.29, 0.717) is 0 Å². The molecule has 0 amide bonds. The highest BCUT2D eigenvalue weighted by Crippen LogP contribution is 2.37. The summed E-state index contributed by atoms with van der Waals surface area (Å²) in [4.78, 5) is 0. The van der Waals surface area contributed by atoms with E-state index in [2.05, 4.69) is 6.92 Å². The average Bonchev–Trinajstić information content (AvgIpc) is 2.31. The Kier molecular flexibility index (Phi) is 5.62. The standard InChI is InChI=1S/C13H26O2/c1-4-5-6-7-12-8-10-13(14-2,15-3)11-9-12/h12H,4-11H2,1-3H3. The lowest BCUT2D eigenvalue weighted by molar-refractivity contribution is -0.227. The fourth-order valence-electron chi connectivity index (χ4n) is 2.58. The molecule has 90 valence electrons. The molecule has 1 aliphatic rings. The van der Waals surface area contributed by atoms with Gasteiger partial charge in [-0.2, -0.15) is 0 Å². The summed E-state index contributed by atoms with van der Waals surface area (Å²) < 4.78 is 11.0. The average molecular weight is 214 g/mol. The minimum Gasteiger partial charge on any atom is -0.353 e. The highest BCUT2D eigenvalue weighted by atomic mass is 16.7. The molecule has 0 radical (unpaired) electrons. The lowest BCUT2D eigenvalue weighted by atomic mass is 9.82. The molecule has 2 nitrogen and oxygen atoms in total. The Morgan fingerprint density at radius 3 is 2.13 bits per heavy atom. The maximum atomic E-state index is 5.48. The summed E-state index contributed by atoms with van der Waals surface area (Å²) in [5.41, 5.74) is 0. The van der Waals surface area contributed by atoms with Gasteiger partial charge in [-0.15, -0.1) is 0 Å². The molecule has 1 fully saturated rings. The first kappa shape index (κ1) is 13.0. The van der Waals surface area contributed by atoms with Crippen LogP contribution < -0.4 is 0 Å². The molecular formula is C13H26O2. The van der Waals surface area contributed by atoms with Crippen LogP contribution in [0.25, 0.3) is 0 Å². The Hall–Kier alpha value is -0.0800. The van der Waals surface area contributed by atoms with Gasteiger partial charge < -0.3 is 9.47 Å². The van der Waals surface area contributed by atoms with Gasteiger partial charge in [-0.3, -0.25) is 0 Å². The lowest BCUT2D eigenvalue weighted by Crippen LogP contribution is -2.38. The van der Waals surface area contributed by atoms with Crippen LogP contribution in [0.15, 0.2) is 0 Å². The molecule has 1 saturated carbocycles. The largest absolute Gasteiger partial charge is 0.353 e. The number of rotatable bonds is 6. The minimum absolute atomic E-state index is 0.263. The number of hydrogen-bond donors (Lipinski definition) is 0. The van der Waals surface area contributed by atoms with Crippen LogP contribution in [0.1, 0.15) is 58.3 Å². The molecule has 0 heterocycles. The first-order valence-corrected chi connectivity index (χ1v) is 6.36. The summed E-state index contributed by atoms with van der Waals surface area (Å²) in [5, 5.41) is 0. The zero-order valence-electron chi connectivity index (χ0n) is 10.6. The maximum Gasteiger partial charge on any atom is 0.167 e. The van der Waals surface area contributed by atoms with Crippen LogP contribution in [0, 0.1) is 5.92 Å². The zero-order chi connectivity index (χ0) is 11.1. The molecule has 0 atom stereocenters.